The van der Waals surface area contributed by atoms with Crippen LogP contribution < -0.4 is 5.32 Å². The fourth-order valence-corrected chi connectivity index (χ4v) is 2.51. The zero-order valence-corrected chi connectivity index (χ0v) is 12.5. The van der Waals surface area contributed by atoms with Crippen molar-refractivity contribution in [3.8, 4) is 0 Å². The lowest BCUT2D eigenvalue weighted by molar-refractivity contribution is 0.866. The Hall–Kier alpha value is -2.35. The Morgan fingerprint density at radius 3 is 2.71 bits per heavy atom. The average molecular weight is 276 g/mol. The molecule has 106 valence electrons. The predicted octanol–water partition coefficient (Wildman–Crippen LogP) is 4.97. The maximum absolute atomic E-state index is 4.41. The highest BCUT2D eigenvalue weighted by molar-refractivity contribution is 5.82. The van der Waals surface area contributed by atoms with E-state index in [1.165, 1.54) is 22.2 Å². The first-order valence-electron chi connectivity index (χ1n) is 7.40. The van der Waals surface area contributed by atoms with Crippen molar-refractivity contribution in [2.24, 2.45) is 0 Å². The normalized spacial score (nSPS) is 11.0. The molecule has 0 radical (unpaired) electrons. The van der Waals surface area contributed by atoms with Crippen molar-refractivity contribution in [3.63, 3.8) is 0 Å². The van der Waals surface area contributed by atoms with Crippen LogP contribution >= 0.6 is 0 Å². The maximum Gasteiger partial charge on any atom is 0.0705 e. The molecule has 0 aliphatic carbocycles. The van der Waals surface area contributed by atoms with Gasteiger partial charge in [0.15, 0.2) is 0 Å². The Morgan fingerprint density at radius 1 is 1.00 bits per heavy atom. The van der Waals surface area contributed by atoms with Crippen LogP contribution in [0.15, 0.2) is 60.8 Å². The Balaban J connectivity index is 1.82. The smallest absolute Gasteiger partial charge is 0.0705 e. The topological polar surface area (TPSA) is 24.9 Å². The molecule has 0 aliphatic heterocycles. The quantitative estimate of drug-likeness (QED) is 0.727. The molecular formula is C19H20N2. The van der Waals surface area contributed by atoms with Crippen LogP contribution in [0, 0.1) is 0 Å². The monoisotopic (exact) mass is 276 g/mol. The average Bonchev–Trinajstić information content (AvgIpc) is 2.53. The molecule has 3 rings (SSSR count). The Kier molecular flexibility index (Phi) is 3.87. The van der Waals surface area contributed by atoms with Crippen molar-refractivity contribution in [2.75, 3.05) is 5.32 Å². The summed E-state index contributed by atoms with van der Waals surface area (Å²) in [5.74, 6) is 0.550. The minimum atomic E-state index is 0.550. The van der Waals surface area contributed by atoms with Crippen molar-refractivity contribution in [2.45, 2.75) is 26.3 Å². The van der Waals surface area contributed by atoms with Gasteiger partial charge in [0.2, 0.25) is 0 Å². The van der Waals surface area contributed by atoms with Crippen LogP contribution in [-0.2, 0) is 6.54 Å². The summed E-state index contributed by atoms with van der Waals surface area (Å²) in [7, 11) is 0. The first kappa shape index (κ1) is 13.6. The van der Waals surface area contributed by atoms with E-state index in [2.05, 4.69) is 72.7 Å². The first-order valence-corrected chi connectivity index (χ1v) is 7.40. The van der Waals surface area contributed by atoms with E-state index in [0.717, 1.165) is 12.1 Å². The summed E-state index contributed by atoms with van der Waals surface area (Å²) in [6, 6.07) is 19.0. The molecule has 2 nitrogen and oxygen atoms in total. The van der Waals surface area contributed by atoms with Crippen LogP contribution in [0.2, 0.25) is 0 Å². The largest absolute Gasteiger partial charge is 0.381 e. The van der Waals surface area contributed by atoms with Crippen LogP contribution in [0.4, 0.5) is 5.69 Å². The Bertz CT molecular complexity index is 742. The van der Waals surface area contributed by atoms with Gasteiger partial charge in [0.1, 0.15) is 0 Å². The van der Waals surface area contributed by atoms with Gasteiger partial charge in [0.25, 0.3) is 0 Å². The van der Waals surface area contributed by atoms with E-state index in [1.54, 1.807) is 0 Å². The number of pyridine rings is 1. The fourth-order valence-electron chi connectivity index (χ4n) is 2.51. The summed E-state index contributed by atoms with van der Waals surface area (Å²) in [6.45, 7) is 5.25. The summed E-state index contributed by atoms with van der Waals surface area (Å²) in [6.07, 6.45) is 1.88. The number of fused-ring (bicyclic) bond motifs is 1. The van der Waals surface area contributed by atoms with Gasteiger partial charge in [-0.05, 0) is 41.3 Å². The summed E-state index contributed by atoms with van der Waals surface area (Å²) in [5.41, 5.74) is 4.85. The van der Waals surface area contributed by atoms with Crippen LogP contribution in [0.25, 0.3) is 10.9 Å². The van der Waals surface area contributed by atoms with Gasteiger partial charge in [0.05, 0.1) is 5.52 Å². The van der Waals surface area contributed by atoms with Crippen molar-refractivity contribution in [3.05, 3.63) is 71.9 Å². The fraction of sp³-hybridized carbons (Fsp3) is 0.211. The van der Waals surface area contributed by atoms with Crippen molar-refractivity contribution in [1.82, 2.24) is 4.98 Å². The molecule has 0 spiro atoms. The summed E-state index contributed by atoms with van der Waals surface area (Å²) < 4.78 is 0. The van der Waals surface area contributed by atoms with Gasteiger partial charge in [-0.3, -0.25) is 4.98 Å². The van der Waals surface area contributed by atoms with Gasteiger partial charge in [-0.2, -0.15) is 0 Å². The number of hydrogen-bond donors (Lipinski definition) is 1. The molecule has 0 amide bonds. The van der Waals surface area contributed by atoms with E-state index >= 15 is 0 Å². The van der Waals surface area contributed by atoms with Crippen LogP contribution in [0.5, 0.6) is 0 Å². The number of anilines is 1. The Morgan fingerprint density at radius 2 is 1.86 bits per heavy atom. The predicted molar refractivity (Wildman–Crippen MR) is 89.6 cm³/mol. The lowest BCUT2D eigenvalue weighted by Gasteiger charge is -2.11. The Labute approximate surface area is 125 Å². The van der Waals surface area contributed by atoms with Crippen molar-refractivity contribution < 1.29 is 0 Å². The lowest BCUT2D eigenvalue weighted by atomic mass is 10.0. The number of hydrogen-bond acceptors (Lipinski definition) is 2. The molecule has 0 saturated heterocycles. The third kappa shape index (κ3) is 3.05. The highest BCUT2D eigenvalue weighted by Gasteiger charge is 2.03. The molecule has 0 saturated carbocycles. The highest BCUT2D eigenvalue weighted by Crippen LogP contribution is 2.21. The third-order valence-corrected chi connectivity index (χ3v) is 3.78. The third-order valence-electron chi connectivity index (χ3n) is 3.78. The zero-order valence-electron chi connectivity index (χ0n) is 12.5. The lowest BCUT2D eigenvalue weighted by Crippen LogP contribution is -2.01. The second-order valence-electron chi connectivity index (χ2n) is 5.62. The molecule has 21 heavy (non-hydrogen) atoms. The molecule has 1 N–H and O–H groups in total. The van der Waals surface area contributed by atoms with Gasteiger partial charge in [-0.1, -0.05) is 44.2 Å². The molecule has 2 heteroatoms. The maximum atomic E-state index is 4.41. The van der Waals surface area contributed by atoms with Gasteiger partial charge in [-0.25, -0.2) is 0 Å². The molecule has 0 atom stereocenters. The van der Waals surface area contributed by atoms with E-state index in [9.17, 15) is 0 Å². The molecule has 0 aliphatic rings. The van der Waals surface area contributed by atoms with E-state index in [-0.39, 0.29) is 0 Å². The number of aromatic nitrogens is 1. The van der Waals surface area contributed by atoms with Crippen molar-refractivity contribution in [1.29, 1.82) is 0 Å². The number of nitrogens with zero attached hydrogens (tertiary/aromatic N) is 1. The minimum Gasteiger partial charge on any atom is -0.381 e. The number of benzene rings is 2. The van der Waals surface area contributed by atoms with Gasteiger partial charge in [-0.15, -0.1) is 0 Å². The van der Waals surface area contributed by atoms with Gasteiger partial charge in [0, 0.05) is 23.8 Å². The second-order valence-corrected chi connectivity index (χ2v) is 5.62. The zero-order chi connectivity index (χ0) is 14.7. The molecule has 1 heterocycles. The first-order chi connectivity index (χ1) is 10.2. The summed E-state index contributed by atoms with van der Waals surface area (Å²) >= 11 is 0. The van der Waals surface area contributed by atoms with Gasteiger partial charge < -0.3 is 5.32 Å². The van der Waals surface area contributed by atoms with Crippen LogP contribution in [0.1, 0.15) is 30.9 Å². The van der Waals surface area contributed by atoms with E-state index < -0.39 is 0 Å². The summed E-state index contributed by atoms with van der Waals surface area (Å²) in [5, 5.41) is 4.74. The van der Waals surface area contributed by atoms with E-state index in [4.69, 9.17) is 0 Å². The van der Waals surface area contributed by atoms with Gasteiger partial charge >= 0.3 is 0 Å². The number of rotatable bonds is 4. The summed E-state index contributed by atoms with van der Waals surface area (Å²) in [4.78, 5) is 4.41. The standard InChI is InChI=1S/C19H20N2/c1-14(2)15-6-5-7-17(12-15)21-13-16-10-11-20-19-9-4-3-8-18(16)19/h3-12,14,21H,13H2,1-2H3. The molecule has 0 fully saturated rings. The van der Waals surface area contributed by atoms with E-state index in [0.29, 0.717) is 5.92 Å². The van der Waals surface area contributed by atoms with Crippen LogP contribution in [0.3, 0.4) is 0 Å². The number of nitrogens with one attached hydrogen (secondary N) is 1. The second kappa shape index (κ2) is 5.96. The molecular weight excluding hydrogens is 256 g/mol. The number of para-hydroxylation sites is 1. The SMILES string of the molecule is CC(C)c1cccc(NCc2ccnc3ccccc23)c1. The molecule has 0 bridgehead atoms. The molecule has 0 unspecified atom stereocenters. The minimum absolute atomic E-state index is 0.550. The van der Waals surface area contributed by atoms with Crippen LogP contribution in [-0.4, -0.2) is 4.98 Å². The molecule has 1 aromatic heterocycles. The molecule has 3 aromatic rings. The van der Waals surface area contributed by atoms with E-state index in [1.807, 2.05) is 12.3 Å². The highest BCUT2D eigenvalue weighted by atomic mass is 14.9. The van der Waals surface area contributed by atoms with Crippen molar-refractivity contribution >= 4 is 16.6 Å². The molecule has 2 aromatic carbocycles.